The molecule has 0 fully saturated rings. The second-order valence-corrected chi connectivity index (χ2v) is 6.63. The summed E-state index contributed by atoms with van der Waals surface area (Å²) in [7, 11) is -7.61. The van der Waals surface area contributed by atoms with E-state index in [-0.39, 0.29) is 0 Å². The number of hydrogen-bond donors (Lipinski definition) is 1. The third-order valence-corrected chi connectivity index (χ3v) is 4.13. The first-order valence-corrected chi connectivity index (χ1v) is 7.80. The Labute approximate surface area is 142 Å². The molecule has 0 bridgehead atoms. The van der Waals surface area contributed by atoms with Crippen molar-refractivity contribution in [2.75, 3.05) is 0 Å². The maximum absolute atomic E-state index is 13.3. The standard InChI is InChI=1S/C10H9F13O3S/c1-2-3-4(11)5(12,13)6(14,15)7(16,17)8(18,19)9(20,21)10(22,23)27(24,25)26/h4H,2-3H2,1H3,(H,24,25,26). The molecule has 0 aromatic carbocycles. The van der Waals surface area contributed by atoms with Gasteiger partial charge in [0.05, 0.1) is 0 Å². The highest BCUT2D eigenvalue weighted by Gasteiger charge is 2.92. The van der Waals surface area contributed by atoms with Gasteiger partial charge >= 0.3 is 45.0 Å². The molecule has 0 heterocycles. The molecule has 0 amide bonds. The van der Waals surface area contributed by atoms with Crippen LogP contribution in [-0.2, 0) is 10.1 Å². The van der Waals surface area contributed by atoms with Gasteiger partial charge in [-0.2, -0.15) is 61.1 Å². The van der Waals surface area contributed by atoms with E-state index >= 15 is 0 Å². The lowest BCUT2D eigenvalue weighted by molar-refractivity contribution is -0.421. The van der Waals surface area contributed by atoms with E-state index in [0.29, 0.717) is 0 Å². The lowest BCUT2D eigenvalue weighted by Gasteiger charge is -2.41. The molecule has 3 nitrogen and oxygen atoms in total. The molecule has 17 heteroatoms. The zero-order chi connectivity index (χ0) is 22.5. The van der Waals surface area contributed by atoms with Crippen LogP contribution in [0.3, 0.4) is 0 Å². The monoisotopic (exact) mass is 456 g/mol. The molecule has 1 unspecified atom stereocenters. The Balaban J connectivity index is 6.55. The molecule has 0 aliphatic rings. The van der Waals surface area contributed by atoms with Gasteiger partial charge in [-0.25, -0.2) is 4.39 Å². The van der Waals surface area contributed by atoms with Crippen LogP contribution in [0.25, 0.3) is 0 Å². The van der Waals surface area contributed by atoms with Crippen molar-refractivity contribution in [1.29, 1.82) is 0 Å². The van der Waals surface area contributed by atoms with E-state index in [0.717, 1.165) is 6.92 Å². The first-order valence-electron chi connectivity index (χ1n) is 6.36. The second kappa shape index (κ2) is 6.81. The topological polar surface area (TPSA) is 54.4 Å². The molecule has 0 aliphatic carbocycles. The highest BCUT2D eigenvalue weighted by atomic mass is 32.2. The highest BCUT2D eigenvalue weighted by molar-refractivity contribution is 7.87. The van der Waals surface area contributed by atoms with E-state index in [9.17, 15) is 65.5 Å². The van der Waals surface area contributed by atoms with Crippen molar-refractivity contribution in [2.24, 2.45) is 0 Å². The lowest BCUT2D eigenvalue weighted by atomic mass is 9.91. The minimum Gasteiger partial charge on any atom is -0.281 e. The summed E-state index contributed by atoms with van der Waals surface area (Å²) >= 11 is 0. The second-order valence-electron chi connectivity index (χ2n) is 5.17. The summed E-state index contributed by atoms with van der Waals surface area (Å²) < 4.78 is 198. The van der Waals surface area contributed by atoms with E-state index in [4.69, 9.17) is 4.55 Å². The molecule has 0 spiro atoms. The molecule has 1 atom stereocenters. The van der Waals surface area contributed by atoms with Crippen molar-refractivity contribution >= 4 is 10.1 Å². The van der Waals surface area contributed by atoms with E-state index in [1.54, 1.807) is 0 Å². The van der Waals surface area contributed by atoms with E-state index in [1.807, 2.05) is 0 Å². The van der Waals surface area contributed by atoms with Gasteiger partial charge in [0.2, 0.25) is 0 Å². The molecule has 0 aliphatic heterocycles. The Bertz CT molecular complexity index is 643. The van der Waals surface area contributed by atoms with Crippen LogP contribution in [0.1, 0.15) is 19.8 Å². The summed E-state index contributed by atoms with van der Waals surface area (Å²) in [4.78, 5) is 0. The van der Waals surface area contributed by atoms with Gasteiger partial charge in [0.1, 0.15) is 0 Å². The summed E-state index contributed by atoms with van der Waals surface area (Å²) in [5.41, 5.74) is 0. The maximum atomic E-state index is 13.3. The lowest BCUT2D eigenvalue weighted by Crippen LogP contribution is -2.72. The molecule has 1 N–H and O–H groups in total. The van der Waals surface area contributed by atoms with Crippen LogP contribution in [0.4, 0.5) is 57.1 Å². The first-order chi connectivity index (χ1) is 11.5. The number of alkyl halides is 13. The summed E-state index contributed by atoms with van der Waals surface area (Å²) in [5.74, 6) is -38.7. The fourth-order valence-electron chi connectivity index (χ4n) is 1.58. The normalized spacial score (nSPS) is 17.1. The Morgan fingerprint density at radius 2 is 1.07 bits per heavy atom. The molecular formula is C10H9F13O3S. The first kappa shape index (κ1) is 26.0. The quantitative estimate of drug-likeness (QED) is 0.402. The van der Waals surface area contributed by atoms with Gasteiger partial charge in [0.15, 0.2) is 6.17 Å². The van der Waals surface area contributed by atoms with Gasteiger partial charge in [-0.3, -0.25) is 4.55 Å². The Hall–Kier alpha value is -1.00. The van der Waals surface area contributed by atoms with Gasteiger partial charge < -0.3 is 0 Å². The third kappa shape index (κ3) is 3.44. The molecular weight excluding hydrogens is 447 g/mol. The number of rotatable bonds is 9. The van der Waals surface area contributed by atoms with Crippen molar-refractivity contribution < 1.29 is 70.0 Å². The predicted octanol–water partition coefficient (Wildman–Crippen LogP) is 4.78. The average Bonchev–Trinajstić information content (AvgIpc) is 2.45. The molecule has 0 aromatic rings. The number of halogens is 13. The van der Waals surface area contributed by atoms with E-state index in [1.165, 1.54) is 0 Å². The van der Waals surface area contributed by atoms with Crippen LogP contribution in [0.2, 0.25) is 0 Å². The fraction of sp³-hybridized carbons (Fsp3) is 1.00. The van der Waals surface area contributed by atoms with Crippen LogP contribution in [0.15, 0.2) is 0 Å². The van der Waals surface area contributed by atoms with Crippen molar-refractivity contribution in [3.8, 4) is 0 Å². The van der Waals surface area contributed by atoms with Crippen LogP contribution in [-0.4, -0.2) is 54.0 Å². The smallest absolute Gasteiger partial charge is 0.281 e. The Morgan fingerprint density at radius 1 is 0.741 bits per heavy atom. The summed E-state index contributed by atoms with van der Waals surface area (Å²) in [5, 5.41) is -7.50. The summed E-state index contributed by atoms with van der Waals surface area (Å²) in [6.45, 7) is 0.856. The van der Waals surface area contributed by atoms with E-state index < -0.39 is 64.0 Å². The fourth-order valence-corrected chi connectivity index (χ4v) is 2.03. The van der Waals surface area contributed by atoms with Gasteiger partial charge in [0, 0.05) is 0 Å². The third-order valence-electron chi connectivity index (χ3n) is 3.23. The Kier molecular flexibility index (Phi) is 6.55. The van der Waals surface area contributed by atoms with Crippen LogP contribution >= 0.6 is 0 Å². The van der Waals surface area contributed by atoms with Gasteiger partial charge in [-0.1, -0.05) is 13.3 Å². The molecule has 0 saturated heterocycles. The van der Waals surface area contributed by atoms with Crippen molar-refractivity contribution in [1.82, 2.24) is 0 Å². The van der Waals surface area contributed by atoms with Crippen LogP contribution in [0.5, 0.6) is 0 Å². The van der Waals surface area contributed by atoms with Gasteiger partial charge in [-0.05, 0) is 6.42 Å². The molecule has 0 saturated carbocycles. The van der Waals surface area contributed by atoms with Crippen molar-refractivity contribution in [3.63, 3.8) is 0 Å². The van der Waals surface area contributed by atoms with Gasteiger partial charge in [0.25, 0.3) is 0 Å². The van der Waals surface area contributed by atoms with E-state index in [2.05, 4.69) is 0 Å². The largest absolute Gasteiger partial charge is 0.438 e. The zero-order valence-corrected chi connectivity index (χ0v) is 13.4. The van der Waals surface area contributed by atoms with Crippen LogP contribution in [0, 0.1) is 0 Å². The minimum atomic E-state index is -8.20. The number of hydrogen-bond acceptors (Lipinski definition) is 2. The van der Waals surface area contributed by atoms with Crippen LogP contribution < -0.4 is 0 Å². The summed E-state index contributed by atoms with van der Waals surface area (Å²) in [6.07, 6.45) is -6.65. The molecule has 164 valence electrons. The van der Waals surface area contributed by atoms with Crippen molar-refractivity contribution in [3.05, 3.63) is 0 Å². The average molecular weight is 456 g/mol. The SMILES string of the molecule is CCCC(F)C(F)(F)C(F)(F)C(F)(F)C(F)(F)C(F)(F)C(F)(F)S(=O)(=O)O. The van der Waals surface area contributed by atoms with Crippen molar-refractivity contribution in [2.45, 2.75) is 60.8 Å². The van der Waals surface area contributed by atoms with Gasteiger partial charge in [-0.15, -0.1) is 0 Å². The molecule has 0 aromatic heterocycles. The summed E-state index contributed by atoms with van der Waals surface area (Å²) in [6, 6.07) is 0. The predicted molar refractivity (Wildman–Crippen MR) is 61.0 cm³/mol. The maximum Gasteiger partial charge on any atom is 0.438 e. The molecule has 0 rings (SSSR count). The highest BCUT2D eigenvalue weighted by Crippen LogP contribution is 2.61. The molecule has 0 radical (unpaired) electrons. The Morgan fingerprint density at radius 3 is 1.37 bits per heavy atom. The zero-order valence-electron chi connectivity index (χ0n) is 12.6. The molecule has 27 heavy (non-hydrogen) atoms. The minimum absolute atomic E-state index is 0.730.